The van der Waals surface area contributed by atoms with Gasteiger partial charge in [0.05, 0.1) is 16.6 Å². The van der Waals surface area contributed by atoms with E-state index in [0.29, 0.717) is 30.8 Å². The first-order valence-electron chi connectivity index (χ1n) is 17.4. The summed E-state index contributed by atoms with van der Waals surface area (Å²) < 4.78 is 76.7. The second-order valence-corrected chi connectivity index (χ2v) is 24.2. The molecule has 2 aromatic rings. The van der Waals surface area contributed by atoms with Crippen LogP contribution in [0.5, 0.6) is 0 Å². The molecule has 0 atom stereocenters. The van der Waals surface area contributed by atoms with Gasteiger partial charge in [-0.05, 0) is 91.0 Å². The Morgan fingerprint density at radius 2 is 1.38 bits per heavy atom. The molecule has 10 nitrogen and oxygen atoms in total. The molecule has 0 saturated heterocycles. The Morgan fingerprint density at radius 1 is 0.827 bits per heavy atom. The number of hydrogen-bond donors (Lipinski definition) is 1. The van der Waals surface area contributed by atoms with Crippen molar-refractivity contribution in [2.24, 2.45) is 4.99 Å². The van der Waals surface area contributed by atoms with Gasteiger partial charge in [-0.2, -0.15) is 23.2 Å². The Labute approximate surface area is 310 Å². The number of carbonyl (C=O) groups excluding carboxylic acids is 1. The molecule has 0 spiro atoms. The highest BCUT2D eigenvalue weighted by Crippen LogP contribution is 2.71. The van der Waals surface area contributed by atoms with Crippen LogP contribution in [0.4, 0.5) is 18.0 Å². The van der Waals surface area contributed by atoms with Gasteiger partial charge in [0, 0.05) is 31.8 Å². The van der Waals surface area contributed by atoms with Crippen molar-refractivity contribution in [1.29, 1.82) is 0 Å². The second-order valence-electron chi connectivity index (χ2n) is 13.9. The summed E-state index contributed by atoms with van der Waals surface area (Å²) in [6.07, 6.45) is -0.0816. The lowest BCUT2D eigenvalue weighted by atomic mass is 9.98. The van der Waals surface area contributed by atoms with Crippen molar-refractivity contribution < 1.29 is 27.1 Å². The molecule has 52 heavy (non-hydrogen) atoms. The van der Waals surface area contributed by atoms with Gasteiger partial charge in [-0.25, -0.2) is 28.5 Å². The van der Waals surface area contributed by atoms with E-state index in [9.17, 15) is 27.1 Å². The molecule has 3 rings (SSSR count). The first-order chi connectivity index (χ1) is 24.3. The van der Waals surface area contributed by atoms with Gasteiger partial charge in [0.15, 0.2) is 0 Å². The van der Waals surface area contributed by atoms with Crippen molar-refractivity contribution in [3.63, 3.8) is 0 Å². The molecule has 291 valence electrons. The number of urea groups is 1. The van der Waals surface area contributed by atoms with E-state index < -0.39 is 36.7 Å². The van der Waals surface area contributed by atoms with Crippen LogP contribution in [0, 0.1) is 0 Å². The van der Waals surface area contributed by atoms with Crippen LogP contribution in [0.3, 0.4) is 0 Å². The Bertz CT molecular complexity index is 1590. The molecule has 0 aliphatic carbocycles. The number of halogens is 3. The summed E-state index contributed by atoms with van der Waals surface area (Å²) in [5.41, 5.74) is 5.04. The average Bonchev–Trinajstić information content (AvgIpc) is 3.47. The Balaban J connectivity index is 1.92. The third-order valence-electron chi connectivity index (χ3n) is 9.13. The first kappa shape index (κ1) is 44.0. The Kier molecular flexibility index (Phi) is 15.8. The SMILES string of the molecule is CCCCCCNC(=O)N(CCC1=CS(CP(=O)(N(C)C)N(C)C)(CP(=O)(N(C)C)N(C)C)[C]=N1)Cc1ccc(-c2ccccc2C(F)(F)F)cc1. The van der Waals surface area contributed by atoms with E-state index >= 15 is 0 Å². The van der Waals surface area contributed by atoms with Crippen LogP contribution in [0.2, 0.25) is 0 Å². The third-order valence-corrected chi connectivity index (χ3v) is 21.7. The minimum absolute atomic E-state index is 0.0951. The maximum atomic E-state index is 14.3. The lowest BCUT2D eigenvalue weighted by Gasteiger charge is -2.42. The van der Waals surface area contributed by atoms with E-state index in [0.717, 1.165) is 37.3 Å². The van der Waals surface area contributed by atoms with Crippen molar-refractivity contribution in [1.82, 2.24) is 28.9 Å². The normalized spacial score (nSPS) is 15.5. The van der Waals surface area contributed by atoms with Gasteiger partial charge >= 0.3 is 12.2 Å². The van der Waals surface area contributed by atoms with E-state index in [1.807, 2.05) is 5.41 Å². The molecule has 2 aromatic carbocycles. The summed E-state index contributed by atoms with van der Waals surface area (Å²) in [6.45, 7) is 3.18. The third kappa shape index (κ3) is 11.3. The number of rotatable bonds is 19. The van der Waals surface area contributed by atoms with Gasteiger partial charge in [-0.3, -0.25) is 9.13 Å². The minimum atomic E-state index is -4.48. The van der Waals surface area contributed by atoms with Crippen LogP contribution in [0.15, 0.2) is 64.6 Å². The molecule has 1 N–H and O–H groups in total. The summed E-state index contributed by atoms with van der Waals surface area (Å²) >= 11 is 0. The van der Waals surface area contributed by atoms with Crippen LogP contribution in [0.25, 0.3) is 11.1 Å². The number of unbranched alkanes of at least 4 members (excludes halogenated alkanes) is 3. The van der Waals surface area contributed by atoms with Gasteiger partial charge in [0.25, 0.3) is 0 Å². The smallest absolute Gasteiger partial charge is 0.338 e. The second kappa shape index (κ2) is 18.7. The number of nitrogens with one attached hydrogen (secondary N) is 1. The van der Waals surface area contributed by atoms with Crippen molar-refractivity contribution in [2.45, 2.75) is 51.7 Å². The number of carbonyl (C=O) groups is 1. The van der Waals surface area contributed by atoms with E-state index in [1.165, 1.54) is 12.1 Å². The lowest BCUT2D eigenvalue weighted by molar-refractivity contribution is -0.137. The fourth-order valence-corrected chi connectivity index (χ4v) is 19.0. The molecule has 0 saturated carbocycles. The average molecular weight is 787 g/mol. The van der Waals surface area contributed by atoms with Gasteiger partial charge in [-0.1, -0.05) is 68.7 Å². The van der Waals surface area contributed by atoms with E-state index in [2.05, 4.69) is 22.8 Å². The molecular weight excluding hydrogens is 729 g/mol. The zero-order valence-electron chi connectivity index (χ0n) is 32.1. The Hall–Kier alpha value is -2.44. The largest absolute Gasteiger partial charge is 0.417 e. The highest BCUT2D eigenvalue weighted by Gasteiger charge is 2.44. The molecular formula is C36H57F3N7O3P2S. The van der Waals surface area contributed by atoms with Crippen molar-refractivity contribution in [2.75, 3.05) is 80.5 Å². The number of amides is 2. The molecule has 1 radical (unpaired) electrons. The quantitative estimate of drug-likeness (QED) is 0.112. The maximum Gasteiger partial charge on any atom is 0.417 e. The standard InChI is InChI=1S/C36H57F3N7O3P2S/c1-10-11-12-15-23-40-35(47)46(25-30-18-20-31(21-19-30)33-16-13-14-17-34(33)36(37,38)39)24-22-32-26-52(27-41-32,28-50(48,42(2)3)43(4)5)29-51(49,44(6)7)45(8)9/h13-14,16-21,26H,10-12,15,22-25,28-29H2,1-9H3,(H,40,47). The van der Waals surface area contributed by atoms with Crippen LogP contribution < -0.4 is 5.32 Å². The minimum Gasteiger partial charge on any atom is -0.338 e. The van der Waals surface area contributed by atoms with Crippen molar-refractivity contribution in [3.8, 4) is 11.1 Å². The number of nitrogens with zero attached hydrogens (tertiary/aromatic N) is 6. The molecule has 1 aliphatic heterocycles. The predicted molar refractivity (Wildman–Crippen MR) is 212 cm³/mol. The maximum absolute atomic E-state index is 14.3. The van der Waals surface area contributed by atoms with Crippen LogP contribution in [0.1, 0.15) is 50.2 Å². The van der Waals surface area contributed by atoms with Gasteiger partial charge < -0.3 is 10.2 Å². The molecule has 2 amide bonds. The van der Waals surface area contributed by atoms with Crippen LogP contribution in [-0.2, 0) is 21.9 Å². The summed E-state index contributed by atoms with van der Waals surface area (Å²) in [7, 11) is 5.93. The van der Waals surface area contributed by atoms with E-state index in [1.54, 1.807) is 110 Å². The van der Waals surface area contributed by atoms with Crippen molar-refractivity contribution >= 4 is 36.5 Å². The van der Waals surface area contributed by atoms with Crippen LogP contribution >= 0.6 is 24.9 Å². The topological polar surface area (TPSA) is 91.8 Å². The molecule has 0 unspecified atom stereocenters. The van der Waals surface area contributed by atoms with Crippen molar-refractivity contribution in [3.05, 3.63) is 70.8 Å². The summed E-state index contributed by atoms with van der Waals surface area (Å²) in [4.78, 5) is 19.9. The van der Waals surface area contributed by atoms with E-state index in [4.69, 9.17) is 0 Å². The number of aliphatic imine (C=N–C) groups is 1. The van der Waals surface area contributed by atoms with Crippen LogP contribution in [-0.4, -0.2) is 116 Å². The first-order valence-corrected chi connectivity index (χ1v) is 23.1. The summed E-state index contributed by atoms with van der Waals surface area (Å²) in [5.74, 6) is 0. The van der Waals surface area contributed by atoms with Gasteiger partial charge in [0.2, 0.25) is 14.9 Å². The van der Waals surface area contributed by atoms with Gasteiger partial charge in [-0.15, -0.1) is 0 Å². The number of alkyl halides is 3. The fourth-order valence-electron chi connectivity index (χ4n) is 5.88. The van der Waals surface area contributed by atoms with Gasteiger partial charge in [0.1, 0.15) is 5.55 Å². The summed E-state index contributed by atoms with van der Waals surface area (Å²) in [6, 6.07) is 12.0. The Morgan fingerprint density at radius 3 is 1.90 bits per heavy atom. The molecule has 0 aromatic heterocycles. The number of benzene rings is 2. The predicted octanol–water partition coefficient (Wildman–Crippen LogP) is 8.97. The molecule has 0 fully saturated rings. The highest BCUT2D eigenvalue weighted by molar-refractivity contribution is 8.50. The lowest BCUT2D eigenvalue weighted by Crippen LogP contribution is -2.40. The molecule has 1 heterocycles. The molecule has 0 bridgehead atoms. The fraction of sp³-hybridized carbons (Fsp3) is 0.556. The summed E-state index contributed by atoms with van der Waals surface area (Å²) in [5, 5.41) is 5.03. The molecule has 1 aliphatic rings. The molecule has 16 heteroatoms. The highest BCUT2D eigenvalue weighted by atomic mass is 32.3. The van der Waals surface area contributed by atoms with E-state index in [-0.39, 0.29) is 29.1 Å². The number of hydrogen-bond acceptors (Lipinski definition) is 4. The monoisotopic (exact) mass is 786 g/mol. The zero-order valence-corrected chi connectivity index (χ0v) is 34.7. The zero-order chi connectivity index (χ0) is 38.9.